The van der Waals surface area contributed by atoms with Crippen molar-refractivity contribution in [3.63, 3.8) is 0 Å². The van der Waals surface area contributed by atoms with Crippen molar-refractivity contribution in [1.29, 1.82) is 0 Å². The van der Waals surface area contributed by atoms with E-state index in [9.17, 15) is 4.79 Å². The maximum absolute atomic E-state index is 12.4. The van der Waals surface area contributed by atoms with E-state index >= 15 is 0 Å². The molecule has 1 aliphatic rings. The van der Waals surface area contributed by atoms with E-state index in [0.29, 0.717) is 36.2 Å². The number of nitrogens with zero attached hydrogens (tertiary/aromatic N) is 1. The lowest BCUT2D eigenvalue weighted by atomic mass is 10.1. The highest BCUT2D eigenvalue weighted by Gasteiger charge is 2.16. The van der Waals surface area contributed by atoms with Crippen molar-refractivity contribution >= 4 is 47.4 Å². The van der Waals surface area contributed by atoms with Gasteiger partial charge in [-0.05, 0) is 48.2 Å². The number of hydrogen-bond acceptors (Lipinski definition) is 3. The molecule has 3 N–H and O–H groups in total. The molecule has 30 heavy (non-hydrogen) atoms. The Morgan fingerprint density at radius 2 is 1.80 bits per heavy atom. The predicted octanol–water partition coefficient (Wildman–Crippen LogP) is 3.73. The highest BCUT2D eigenvalue weighted by atomic mass is 127. The zero-order chi connectivity index (χ0) is 20.5. The van der Waals surface area contributed by atoms with Crippen LogP contribution in [0, 0.1) is 0 Å². The van der Waals surface area contributed by atoms with Crippen molar-refractivity contribution in [1.82, 2.24) is 16.0 Å². The monoisotopic (exact) mass is 542 g/mol. The Morgan fingerprint density at radius 3 is 2.43 bits per heavy atom. The van der Waals surface area contributed by atoms with Gasteiger partial charge in [0.05, 0.1) is 6.10 Å². The summed E-state index contributed by atoms with van der Waals surface area (Å²) in [6.07, 6.45) is 2.21. The minimum Gasteiger partial charge on any atom is -0.376 e. The molecule has 1 heterocycles. The number of hydrogen-bond donors (Lipinski definition) is 3. The van der Waals surface area contributed by atoms with Crippen molar-refractivity contribution in [3.8, 4) is 0 Å². The van der Waals surface area contributed by atoms with Gasteiger partial charge in [-0.3, -0.25) is 9.79 Å². The maximum atomic E-state index is 12.4. The van der Waals surface area contributed by atoms with Crippen LogP contribution in [0.25, 0.3) is 0 Å². The van der Waals surface area contributed by atoms with E-state index in [0.717, 1.165) is 30.6 Å². The second-order valence-corrected chi connectivity index (χ2v) is 7.39. The Morgan fingerprint density at radius 1 is 1.10 bits per heavy atom. The fourth-order valence-electron chi connectivity index (χ4n) is 3.18. The number of aliphatic imine (C=N–C) groups is 1. The summed E-state index contributed by atoms with van der Waals surface area (Å²) in [7, 11) is 1.72. The van der Waals surface area contributed by atoms with Gasteiger partial charge in [-0.2, -0.15) is 0 Å². The molecule has 0 bridgehead atoms. The van der Waals surface area contributed by atoms with Crippen LogP contribution in [-0.2, 0) is 17.8 Å². The highest BCUT2D eigenvalue weighted by Crippen LogP contribution is 2.12. The molecule has 0 radical (unpaired) electrons. The summed E-state index contributed by atoms with van der Waals surface area (Å²) in [4.78, 5) is 16.6. The number of rotatable bonds is 7. The molecule has 3 rings (SSSR count). The van der Waals surface area contributed by atoms with Crippen LogP contribution < -0.4 is 16.0 Å². The smallest absolute Gasteiger partial charge is 0.251 e. The van der Waals surface area contributed by atoms with Crippen LogP contribution in [0.4, 0.5) is 0 Å². The minimum absolute atomic E-state index is 0. The van der Waals surface area contributed by atoms with Crippen LogP contribution >= 0.6 is 35.6 Å². The van der Waals surface area contributed by atoms with E-state index < -0.39 is 0 Å². The quantitative estimate of drug-likeness (QED) is 0.283. The molecule has 162 valence electrons. The Bertz CT molecular complexity index is 857. The third kappa shape index (κ3) is 7.77. The summed E-state index contributed by atoms with van der Waals surface area (Å²) >= 11 is 6.02. The Balaban J connectivity index is 0.00000320. The molecule has 0 saturated carbocycles. The summed E-state index contributed by atoms with van der Waals surface area (Å²) in [5.74, 6) is 0.601. The van der Waals surface area contributed by atoms with E-state index in [1.165, 1.54) is 0 Å². The molecule has 1 unspecified atom stereocenters. The first-order valence-electron chi connectivity index (χ1n) is 9.82. The van der Waals surface area contributed by atoms with Crippen LogP contribution in [-0.4, -0.2) is 38.2 Å². The Labute approximate surface area is 199 Å². The summed E-state index contributed by atoms with van der Waals surface area (Å²) < 4.78 is 5.55. The van der Waals surface area contributed by atoms with Crippen molar-refractivity contribution in [2.45, 2.75) is 32.0 Å². The number of carbonyl (C=O) groups excluding carboxylic acids is 1. The van der Waals surface area contributed by atoms with Crippen molar-refractivity contribution in [3.05, 3.63) is 70.2 Å². The summed E-state index contributed by atoms with van der Waals surface area (Å²) in [5.41, 5.74) is 2.72. The van der Waals surface area contributed by atoms with Crippen LogP contribution in [0.5, 0.6) is 0 Å². The number of benzene rings is 2. The molecule has 8 heteroatoms. The predicted molar refractivity (Wildman–Crippen MR) is 132 cm³/mol. The van der Waals surface area contributed by atoms with Crippen LogP contribution in [0.3, 0.4) is 0 Å². The Kier molecular flexibility index (Phi) is 10.4. The third-order valence-electron chi connectivity index (χ3n) is 4.74. The van der Waals surface area contributed by atoms with Gasteiger partial charge in [-0.1, -0.05) is 35.9 Å². The van der Waals surface area contributed by atoms with Gasteiger partial charge >= 0.3 is 0 Å². The fraction of sp³-hybridized carbons (Fsp3) is 0.364. The normalized spacial score (nSPS) is 15.9. The molecule has 1 fully saturated rings. The van der Waals surface area contributed by atoms with Gasteiger partial charge in [-0.25, -0.2) is 0 Å². The third-order valence-corrected chi connectivity index (χ3v) is 4.97. The molecule has 1 atom stereocenters. The van der Waals surface area contributed by atoms with Crippen LogP contribution in [0.1, 0.15) is 34.3 Å². The topological polar surface area (TPSA) is 74.8 Å². The minimum atomic E-state index is -0.0780. The fourth-order valence-corrected chi connectivity index (χ4v) is 3.39. The largest absolute Gasteiger partial charge is 0.376 e. The van der Waals surface area contributed by atoms with Gasteiger partial charge in [0.15, 0.2) is 5.96 Å². The van der Waals surface area contributed by atoms with Crippen molar-refractivity contribution < 1.29 is 9.53 Å². The number of amides is 1. The molecule has 2 aromatic rings. The number of halogens is 2. The number of nitrogens with one attached hydrogen (secondary N) is 3. The van der Waals surface area contributed by atoms with E-state index in [1.807, 2.05) is 48.5 Å². The molecular weight excluding hydrogens is 515 g/mol. The first-order valence-corrected chi connectivity index (χ1v) is 10.2. The molecule has 2 aromatic carbocycles. The molecule has 0 spiro atoms. The maximum Gasteiger partial charge on any atom is 0.251 e. The summed E-state index contributed by atoms with van der Waals surface area (Å²) in [5, 5.41) is 10.2. The van der Waals surface area contributed by atoms with E-state index in [-0.39, 0.29) is 36.0 Å². The number of guanidine groups is 1. The molecule has 1 saturated heterocycles. The molecule has 1 aliphatic heterocycles. The van der Waals surface area contributed by atoms with E-state index in [1.54, 1.807) is 7.05 Å². The van der Waals surface area contributed by atoms with Crippen molar-refractivity contribution in [2.75, 3.05) is 20.2 Å². The molecule has 1 amide bonds. The van der Waals surface area contributed by atoms with Gasteiger partial charge in [0.25, 0.3) is 5.91 Å². The van der Waals surface area contributed by atoms with Gasteiger partial charge in [0.2, 0.25) is 0 Å². The van der Waals surface area contributed by atoms with Crippen LogP contribution in [0.15, 0.2) is 53.5 Å². The van der Waals surface area contributed by atoms with E-state index in [2.05, 4.69) is 20.9 Å². The molecule has 0 aromatic heterocycles. The highest BCUT2D eigenvalue weighted by molar-refractivity contribution is 14.0. The molecular formula is C22H28ClIN4O2. The zero-order valence-corrected chi connectivity index (χ0v) is 20.1. The lowest BCUT2D eigenvalue weighted by Gasteiger charge is -2.13. The second kappa shape index (κ2) is 12.8. The van der Waals surface area contributed by atoms with Gasteiger partial charge < -0.3 is 20.7 Å². The first-order chi connectivity index (χ1) is 14.1. The first kappa shape index (κ1) is 24.4. The van der Waals surface area contributed by atoms with Crippen molar-refractivity contribution in [2.24, 2.45) is 4.99 Å². The lowest BCUT2D eigenvalue weighted by Crippen LogP contribution is -2.36. The average Bonchev–Trinajstić information content (AvgIpc) is 3.26. The number of carbonyl (C=O) groups is 1. The van der Waals surface area contributed by atoms with Gasteiger partial charge in [-0.15, -0.1) is 24.0 Å². The second-order valence-electron chi connectivity index (χ2n) is 6.95. The van der Waals surface area contributed by atoms with E-state index in [4.69, 9.17) is 16.3 Å². The summed E-state index contributed by atoms with van der Waals surface area (Å²) in [6, 6.07) is 15.3. The number of ether oxygens (including phenoxy) is 1. The standard InChI is InChI=1S/C22H27ClN4O2.HI/c1-24-22(27-14-17-6-3-8-19(23)12-17)26-13-16-5-2-7-18(11-16)21(28)25-15-20-9-4-10-29-20;/h2-3,5-8,11-12,20H,4,9-10,13-15H2,1H3,(H,25,28)(H2,24,26,27);1H. The molecule has 0 aliphatic carbocycles. The Hall–Kier alpha value is -1.84. The van der Waals surface area contributed by atoms with Gasteiger partial charge in [0.1, 0.15) is 0 Å². The SMILES string of the molecule is CN=C(NCc1cccc(Cl)c1)NCc1cccc(C(=O)NCC2CCCO2)c1.I. The van der Waals surface area contributed by atoms with Crippen LogP contribution in [0.2, 0.25) is 5.02 Å². The summed E-state index contributed by atoms with van der Waals surface area (Å²) in [6.45, 7) is 2.52. The zero-order valence-electron chi connectivity index (χ0n) is 17.0. The molecule has 6 nitrogen and oxygen atoms in total. The lowest BCUT2D eigenvalue weighted by molar-refractivity contribution is 0.0857. The van der Waals surface area contributed by atoms with Gasteiger partial charge in [0, 0.05) is 43.9 Å². The average molecular weight is 543 g/mol.